The number of unbranched alkanes of at least 4 members (excludes halogenated alkanes) is 2. The zero-order valence-corrected chi connectivity index (χ0v) is 7.64. The second-order valence-corrected chi connectivity index (χ2v) is 2.96. The first-order valence-electron chi connectivity index (χ1n) is 4.40. The average Bonchev–Trinajstić information content (AvgIpc) is 2.00. The summed E-state index contributed by atoms with van der Waals surface area (Å²) in [7, 11) is 0. The second kappa shape index (κ2) is 6.02. The minimum absolute atomic E-state index is 0.0869. The van der Waals surface area contributed by atoms with E-state index in [1.54, 1.807) is 0 Å². The maximum atomic E-state index is 11.6. The second-order valence-electron chi connectivity index (χ2n) is 2.96. The van der Waals surface area contributed by atoms with Crippen LogP contribution in [0.4, 0.5) is 13.2 Å². The van der Waals surface area contributed by atoms with Gasteiger partial charge >= 0.3 is 6.18 Å². The van der Waals surface area contributed by atoms with E-state index in [9.17, 15) is 13.2 Å². The average molecular weight is 196 g/mol. The normalized spacial score (nSPS) is 15.2. The van der Waals surface area contributed by atoms with E-state index in [0.717, 1.165) is 25.3 Å². The number of aliphatic hydroxyl groups is 1. The number of allylic oxidation sites excluding steroid dienone is 1. The maximum absolute atomic E-state index is 11.6. The Kier molecular flexibility index (Phi) is 5.79. The molecule has 0 heterocycles. The summed E-state index contributed by atoms with van der Waals surface area (Å²) in [6.45, 7) is 2.00. The van der Waals surface area contributed by atoms with Crippen LogP contribution in [-0.2, 0) is 0 Å². The molecule has 1 nitrogen and oxygen atoms in total. The fourth-order valence-corrected chi connectivity index (χ4v) is 0.920. The van der Waals surface area contributed by atoms with Crippen molar-refractivity contribution in [1.82, 2.24) is 0 Å². The van der Waals surface area contributed by atoms with Crippen molar-refractivity contribution in [3.05, 3.63) is 12.2 Å². The van der Waals surface area contributed by atoms with Gasteiger partial charge < -0.3 is 5.11 Å². The summed E-state index contributed by atoms with van der Waals surface area (Å²) in [4.78, 5) is 0. The summed E-state index contributed by atoms with van der Waals surface area (Å²) < 4.78 is 34.8. The van der Waals surface area contributed by atoms with Gasteiger partial charge in [-0.25, -0.2) is 0 Å². The molecule has 4 heteroatoms. The zero-order chi connectivity index (χ0) is 10.3. The number of aliphatic hydroxyl groups excluding tert-OH is 1. The van der Waals surface area contributed by atoms with Gasteiger partial charge in [0.15, 0.2) is 0 Å². The molecule has 0 aromatic carbocycles. The molecule has 0 bridgehead atoms. The largest absolute Gasteiger partial charge is 0.409 e. The van der Waals surface area contributed by atoms with Gasteiger partial charge in [-0.1, -0.05) is 32.3 Å². The van der Waals surface area contributed by atoms with E-state index in [1.165, 1.54) is 0 Å². The molecule has 13 heavy (non-hydrogen) atoms. The molecule has 0 aliphatic heterocycles. The van der Waals surface area contributed by atoms with Crippen molar-refractivity contribution in [3.8, 4) is 0 Å². The monoisotopic (exact) mass is 196 g/mol. The van der Waals surface area contributed by atoms with Gasteiger partial charge in [-0.15, -0.1) is 0 Å². The molecular formula is C9H15F3O. The first-order chi connectivity index (χ1) is 5.95. The minimum atomic E-state index is -4.31. The number of rotatable bonds is 5. The van der Waals surface area contributed by atoms with Crippen LogP contribution in [0, 0.1) is 0 Å². The highest BCUT2D eigenvalue weighted by atomic mass is 19.4. The molecule has 0 aromatic heterocycles. The van der Waals surface area contributed by atoms with Crippen molar-refractivity contribution >= 4 is 0 Å². The molecule has 0 unspecified atom stereocenters. The van der Waals surface area contributed by atoms with Crippen LogP contribution < -0.4 is 0 Å². The molecule has 0 saturated heterocycles. The summed E-state index contributed by atoms with van der Waals surface area (Å²) in [5.74, 6) is 0. The van der Waals surface area contributed by atoms with Gasteiger partial charge in [0.05, 0.1) is 6.10 Å². The summed E-state index contributed by atoms with van der Waals surface area (Å²) in [6.07, 6.45) is -1.29. The Hall–Kier alpha value is -0.510. The lowest BCUT2D eigenvalue weighted by Gasteiger charge is -2.05. The molecule has 78 valence electrons. The summed E-state index contributed by atoms with van der Waals surface area (Å²) in [5.41, 5.74) is 0. The van der Waals surface area contributed by atoms with Crippen molar-refractivity contribution in [1.29, 1.82) is 0 Å². The number of halogens is 3. The summed E-state index contributed by atoms with van der Waals surface area (Å²) in [6, 6.07) is 0. The third-order valence-corrected chi connectivity index (χ3v) is 1.61. The standard InChI is InChI=1S/C9H15F3O/c1-2-3-4-5-8(13)6-7-9(10,11)12/h6-8,13H,2-5H2,1H3/b7-6-/t8-/m1/s1. The van der Waals surface area contributed by atoms with E-state index in [0.29, 0.717) is 6.42 Å². The van der Waals surface area contributed by atoms with E-state index in [4.69, 9.17) is 5.11 Å². The highest BCUT2D eigenvalue weighted by Gasteiger charge is 2.22. The molecule has 0 aliphatic carbocycles. The lowest BCUT2D eigenvalue weighted by molar-refractivity contribution is -0.0806. The third kappa shape index (κ3) is 9.40. The highest BCUT2D eigenvalue weighted by Crippen LogP contribution is 2.17. The van der Waals surface area contributed by atoms with E-state index in [2.05, 4.69) is 0 Å². The van der Waals surface area contributed by atoms with Crippen molar-refractivity contribution in [2.75, 3.05) is 0 Å². The third-order valence-electron chi connectivity index (χ3n) is 1.61. The van der Waals surface area contributed by atoms with Gasteiger partial charge in [0.25, 0.3) is 0 Å². The smallest absolute Gasteiger partial charge is 0.389 e. The molecule has 1 N–H and O–H groups in total. The quantitative estimate of drug-likeness (QED) is 0.529. The van der Waals surface area contributed by atoms with Crippen LogP contribution in [-0.4, -0.2) is 17.4 Å². The Morgan fingerprint density at radius 1 is 1.31 bits per heavy atom. The first kappa shape index (κ1) is 12.5. The molecular weight excluding hydrogens is 181 g/mol. The van der Waals surface area contributed by atoms with E-state index in [1.807, 2.05) is 6.92 Å². The van der Waals surface area contributed by atoms with Crippen molar-refractivity contribution in [3.63, 3.8) is 0 Å². The van der Waals surface area contributed by atoms with Crippen LogP contribution in [0.1, 0.15) is 32.6 Å². The van der Waals surface area contributed by atoms with Crippen LogP contribution in [0.15, 0.2) is 12.2 Å². The predicted molar refractivity (Wildman–Crippen MR) is 45.3 cm³/mol. The number of alkyl halides is 3. The van der Waals surface area contributed by atoms with Crippen LogP contribution >= 0.6 is 0 Å². The van der Waals surface area contributed by atoms with Crippen LogP contribution in [0.25, 0.3) is 0 Å². The van der Waals surface area contributed by atoms with Crippen LogP contribution in [0.5, 0.6) is 0 Å². The zero-order valence-electron chi connectivity index (χ0n) is 7.64. The minimum Gasteiger partial charge on any atom is -0.389 e. The lowest BCUT2D eigenvalue weighted by Crippen LogP contribution is -2.06. The Morgan fingerprint density at radius 3 is 2.38 bits per heavy atom. The van der Waals surface area contributed by atoms with E-state index >= 15 is 0 Å². The molecule has 0 amide bonds. The van der Waals surface area contributed by atoms with Gasteiger partial charge in [-0.3, -0.25) is 0 Å². The summed E-state index contributed by atoms with van der Waals surface area (Å²) in [5, 5.41) is 9.05. The SMILES string of the molecule is CCCCC[C@@H](O)/C=C\C(F)(F)F. The summed E-state index contributed by atoms with van der Waals surface area (Å²) >= 11 is 0. The Morgan fingerprint density at radius 2 is 1.92 bits per heavy atom. The maximum Gasteiger partial charge on any atom is 0.409 e. The Labute approximate surface area is 76.3 Å². The van der Waals surface area contributed by atoms with Crippen LogP contribution in [0.3, 0.4) is 0 Å². The van der Waals surface area contributed by atoms with Gasteiger partial charge in [0, 0.05) is 6.08 Å². The molecule has 0 radical (unpaired) electrons. The fourth-order valence-electron chi connectivity index (χ4n) is 0.920. The topological polar surface area (TPSA) is 20.2 Å². The van der Waals surface area contributed by atoms with Crippen molar-refractivity contribution in [2.45, 2.75) is 44.9 Å². The first-order valence-corrected chi connectivity index (χ1v) is 4.40. The molecule has 0 aromatic rings. The lowest BCUT2D eigenvalue weighted by atomic mass is 10.1. The number of hydrogen-bond donors (Lipinski definition) is 1. The van der Waals surface area contributed by atoms with E-state index < -0.39 is 12.3 Å². The molecule has 0 fully saturated rings. The van der Waals surface area contributed by atoms with Gasteiger partial charge in [0.2, 0.25) is 0 Å². The van der Waals surface area contributed by atoms with Gasteiger partial charge in [-0.05, 0) is 6.42 Å². The molecule has 0 saturated carbocycles. The highest BCUT2D eigenvalue weighted by molar-refractivity contribution is 4.93. The van der Waals surface area contributed by atoms with Gasteiger partial charge in [0.1, 0.15) is 0 Å². The van der Waals surface area contributed by atoms with E-state index in [-0.39, 0.29) is 6.08 Å². The fraction of sp³-hybridized carbons (Fsp3) is 0.778. The van der Waals surface area contributed by atoms with Crippen molar-refractivity contribution in [2.24, 2.45) is 0 Å². The molecule has 0 aliphatic rings. The van der Waals surface area contributed by atoms with Crippen molar-refractivity contribution < 1.29 is 18.3 Å². The Balaban J connectivity index is 3.61. The van der Waals surface area contributed by atoms with Gasteiger partial charge in [-0.2, -0.15) is 13.2 Å². The van der Waals surface area contributed by atoms with Crippen LogP contribution in [0.2, 0.25) is 0 Å². The molecule has 0 spiro atoms. The predicted octanol–water partition coefficient (Wildman–Crippen LogP) is 3.05. The Bertz CT molecular complexity index is 151. The molecule has 0 rings (SSSR count). The molecule has 1 atom stereocenters. The number of hydrogen-bond acceptors (Lipinski definition) is 1.